The standard InChI is InChI=1S/C11H19NO2/c1-10(13)14-12-11-8-6-4-2-3-5-7-9-11/h2-9H2,1H3. The van der Waals surface area contributed by atoms with E-state index >= 15 is 0 Å². The molecule has 3 heteroatoms. The summed E-state index contributed by atoms with van der Waals surface area (Å²) in [5.41, 5.74) is 1.06. The third-order valence-corrected chi connectivity index (χ3v) is 2.48. The van der Waals surface area contributed by atoms with Crippen molar-refractivity contribution in [2.75, 3.05) is 0 Å². The lowest BCUT2D eigenvalue weighted by molar-refractivity contribution is -0.140. The summed E-state index contributed by atoms with van der Waals surface area (Å²) >= 11 is 0. The van der Waals surface area contributed by atoms with Crippen LogP contribution in [0.25, 0.3) is 0 Å². The van der Waals surface area contributed by atoms with E-state index in [9.17, 15) is 4.79 Å². The maximum atomic E-state index is 10.6. The van der Waals surface area contributed by atoms with Gasteiger partial charge in [0.2, 0.25) is 0 Å². The molecule has 3 nitrogen and oxygen atoms in total. The van der Waals surface area contributed by atoms with Gasteiger partial charge in [0.15, 0.2) is 0 Å². The van der Waals surface area contributed by atoms with Gasteiger partial charge in [0, 0.05) is 6.92 Å². The number of nitrogens with zero attached hydrogens (tertiary/aromatic N) is 1. The Morgan fingerprint density at radius 3 is 2.07 bits per heavy atom. The van der Waals surface area contributed by atoms with Crippen LogP contribution in [0.2, 0.25) is 0 Å². The fraction of sp³-hybridized carbons (Fsp3) is 0.818. The van der Waals surface area contributed by atoms with Gasteiger partial charge in [0.25, 0.3) is 0 Å². The largest absolute Gasteiger partial charge is 0.331 e. The van der Waals surface area contributed by atoms with Crippen LogP contribution in [0, 0.1) is 0 Å². The Balaban J connectivity index is 2.38. The van der Waals surface area contributed by atoms with Crippen molar-refractivity contribution >= 4 is 11.7 Å². The summed E-state index contributed by atoms with van der Waals surface area (Å²) in [7, 11) is 0. The molecular formula is C11H19NO2. The Kier molecular flexibility index (Phi) is 5.27. The molecule has 0 aromatic carbocycles. The molecule has 0 atom stereocenters. The van der Waals surface area contributed by atoms with Crippen molar-refractivity contribution in [2.24, 2.45) is 5.16 Å². The Morgan fingerprint density at radius 2 is 1.57 bits per heavy atom. The smallest absolute Gasteiger partial charge is 0.319 e. The summed E-state index contributed by atoms with van der Waals surface area (Å²) in [5, 5.41) is 3.89. The molecule has 0 unspecified atom stereocenters. The predicted octanol–water partition coefficient (Wildman–Crippen LogP) is 3.04. The molecule has 80 valence electrons. The van der Waals surface area contributed by atoms with Gasteiger partial charge in [-0.05, 0) is 25.7 Å². The number of oxime groups is 1. The first-order valence-electron chi connectivity index (χ1n) is 5.52. The average Bonchev–Trinajstić information content (AvgIpc) is 2.27. The molecule has 0 amide bonds. The molecular weight excluding hydrogens is 178 g/mol. The fourth-order valence-electron chi connectivity index (χ4n) is 1.71. The van der Waals surface area contributed by atoms with E-state index in [0.717, 1.165) is 18.6 Å². The molecule has 1 aliphatic carbocycles. The van der Waals surface area contributed by atoms with E-state index in [1.807, 2.05) is 0 Å². The molecule has 0 aliphatic heterocycles. The zero-order valence-electron chi connectivity index (χ0n) is 8.92. The van der Waals surface area contributed by atoms with Crippen LogP contribution in [-0.2, 0) is 9.63 Å². The van der Waals surface area contributed by atoms with Crippen molar-refractivity contribution in [3.05, 3.63) is 0 Å². The van der Waals surface area contributed by atoms with Crippen molar-refractivity contribution in [3.63, 3.8) is 0 Å². The summed E-state index contributed by atoms with van der Waals surface area (Å²) in [6.45, 7) is 1.39. The van der Waals surface area contributed by atoms with Gasteiger partial charge >= 0.3 is 5.97 Å². The first-order chi connectivity index (χ1) is 6.79. The van der Waals surface area contributed by atoms with E-state index in [4.69, 9.17) is 0 Å². The quantitative estimate of drug-likeness (QED) is 0.478. The van der Waals surface area contributed by atoms with Crippen LogP contribution in [0.3, 0.4) is 0 Å². The third kappa shape index (κ3) is 5.00. The van der Waals surface area contributed by atoms with Gasteiger partial charge in [-0.2, -0.15) is 0 Å². The Bertz CT molecular complexity index is 199. The number of hydrogen-bond donors (Lipinski definition) is 0. The molecule has 0 aromatic heterocycles. The second-order valence-corrected chi connectivity index (χ2v) is 3.86. The summed E-state index contributed by atoms with van der Waals surface area (Å²) < 4.78 is 0. The highest BCUT2D eigenvalue weighted by Crippen LogP contribution is 2.15. The molecule has 0 heterocycles. The minimum Gasteiger partial charge on any atom is -0.319 e. The highest BCUT2D eigenvalue weighted by Gasteiger charge is 2.05. The van der Waals surface area contributed by atoms with Crippen molar-refractivity contribution in [2.45, 2.75) is 58.3 Å². The summed E-state index contributed by atoms with van der Waals surface area (Å²) in [4.78, 5) is 15.2. The minimum absolute atomic E-state index is 0.322. The zero-order chi connectivity index (χ0) is 10.2. The van der Waals surface area contributed by atoms with Crippen LogP contribution in [-0.4, -0.2) is 11.7 Å². The van der Waals surface area contributed by atoms with Crippen molar-refractivity contribution in [1.29, 1.82) is 0 Å². The second-order valence-electron chi connectivity index (χ2n) is 3.86. The predicted molar refractivity (Wildman–Crippen MR) is 56.1 cm³/mol. The SMILES string of the molecule is CC(=O)ON=C1CCCCCCCC1. The Morgan fingerprint density at radius 1 is 1.07 bits per heavy atom. The highest BCUT2D eigenvalue weighted by atomic mass is 16.7. The lowest BCUT2D eigenvalue weighted by Crippen LogP contribution is -2.01. The van der Waals surface area contributed by atoms with E-state index in [1.165, 1.54) is 45.4 Å². The van der Waals surface area contributed by atoms with Crippen LogP contribution in [0.1, 0.15) is 58.3 Å². The third-order valence-electron chi connectivity index (χ3n) is 2.48. The van der Waals surface area contributed by atoms with E-state index in [1.54, 1.807) is 0 Å². The van der Waals surface area contributed by atoms with Gasteiger partial charge in [-0.15, -0.1) is 0 Å². The molecule has 1 saturated carbocycles. The van der Waals surface area contributed by atoms with Gasteiger partial charge in [0.05, 0.1) is 5.71 Å². The summed E-state index contributed by atoms with van der Waals surface area (Å²) in [6, 6.07) is 0. The molecule has 14 heavy (non-hydrogen) atoms. The van der Waals surface area contributed by atoms with E-state index in [2.05, 4.69) is 9.99 Å². The summed E-state index contributed by atoms with van der Waals surface area (Å²) in [6.07, 6.45) is 9.57. The normalized spacial score (nSPS) is 19.1. The number of hydrogen-bond acceptors (Lipinski definition) is 3. The second kappa shape index (κ2) is 6.57. The molecule has 0 saturated heterocycles. The van der Waals surface area contributed by atoms with E-state index in [-0.39, 0.29) is 5.97 Å². The van der Waals surface area contributed by atoms with Crippen LogP contribution < -0.4 is 0 Å². The molecule has 0 radical (unpaired) electrons. The van der Waals surface area contributed by atoms with Crippen molar-refractivity contribution < 1.29 is 9.63 Å². The minimum atomic E-state index is -0.322. The highest BCUT2D eigenvalue weighted by molar-refractivity contribution is 5.84. The van der Waals surface area contributed by atoms with Gasteiger partial charge < -0.3 is 4.84 Å². The molecule has 0 aromatic rings. The lowest BCUT2D eigenvalue weighted by atomic mass is 10.1. The molecule has 1 fully saturated rings. The van der Waals surface area contributed by atoms with Gasteiger partial charge in [-0.25, -0.2) is 4.79 Å². The molecule has 0 N–H and O–H groups in total. The number of rotatable bonds is 1. The Labute approximate surface area is 85.5 Å². The number of carbonyl (C=O) groups is 1. The fourth-order valence-corrected chi connectivity index (χ4v) is 1.71. The first-order valence-corrected chi connectivity index (χ1v) is 5.52. The monoisotopic (exact) mass is 197 g/mol. The van der Waals surface area contributed by atoms with Gasteiger partial charge in [-0.3, -0.25) is 0 Å². The maximum absolute atomic E-state index is 10.6. The summed E-state index contributed by atoms with van der Waals surface area (Å²) in [5.74, 6) is -0.322. The Hall–Kier alpha value is -0.860. The molecule has 0 spiro atoms. The topological polar surface area (TPSA) is 38.7 Å². The van der Waals surface area contributed by atoms with Crippen LogP contribution >= 0.6 is 0 Å². The van der Waals surface area contributed by atoms with Crippen LogP contribution in [0.4, 0.5) is 0 Å². The first kappa shape index (κ1) is 11.2. The van der Waals surface area contributed by atoms with Crippen LogP contribution in [0.5, 0.6) is 0 Å². The lowest BCUT2D eigenvalue weighted by Gasteiger charge is -2.02. The van der Waals surface area contributed by atoms with Gasteiger partial charge in [0.1, 0.15) is 0 Å². The molecule has 0 bridgehead atoms. The average molecular weight is 197 g/mol. The van der Waals surface area contributed by atoms with Crippen LogP contribution in [0.15, 0.2) is 5.16 Å². The molecule has 1 aliphatic rings. The molecule has 1 rings (SSSR count). The zero-order valence-corrected chi connectivity index (χ0v) is 8.92. The van der Waals surface area contributed by atoms with Crippen molar-refractivity contribution in [1.82, 2.24) is 0 Å². The van der Waals surface area contributed by atoms with E-state index < -0.39 is 0 Å². The number of carbonyl (C=O) groups excluding carboxylic acids is 1. The van der Waals surface area contributed by atoms with E-state index in [0.29, 0.717) is 0 Å². The van der Waals surface area contributed by atoms with Gasteiger partial charge in [-0.1, -0.05) is 30.8 Å². The maximum Gasteiger partial charge on any atom is 0.331 e. The van der Waals surface area contributed by atoms with Crippen molar-refractivity contribution in [3.8, 4) is 0 Å².